The van der Waals surface area contributed by atoms with Crippen LogP contribution in [0.25, 0.3) is 0 Å². The van der Waals surface area contributed by atoms with E-state index in [2.05, 4.69) is 6.92 Å². The number of carboxylic acid groups (broad SMARTS) is 1. The number of aliphatic carboxylic acids is 1. The molecule has 3 nitrogen and oxygen atoms in total. The summed E-state index contributed by atoms with van der Waals surface area (Å²) in [6.07, 6.45) is 7.58. The van der Waals surface area contributed by atoms with Crippen molar-refractivity contribution in [3.8, 4) is 0 Å². The first kappa shape index (κ1) is 16.7. The van der Waals surface area contributed by atoms with Gasteiger partial charge in [0.15, 0.2) is 6.10 Å². The quantitative estimate of drug-likeness (QED) is 0.603. The first-order chi connectivity index (χ1) is 9.75. The summed E-state index contributed by atoms with van der Waals surface area (Å²) in [5, 5.41) is 9.20. The average molecular weight is 278 g/mol. The van der Waals surface area contributed by atoms with Gasteiger partial charge >= 0.3 is 5.97 Å². The van der Waals surface area contributed by atoms with Crippen LogP contribution in [0.5, 0.6) is 0 Å². The number of carbonyl (C=O) groups is 1. The van der Waals surface area contributed by atoms with Crippen molar-refractivity contribution < 1.29 is 14.6 Å². The molecule has 20 heavy (non-hydrogen) atoms. The zero-order valence-electron chi connectivity index (χ0n) is 12.4. The molecular weight excluding hydrogens is 252 g/mol. The van der Waals surface area contributed by atoms with E-state index >= 15 is 0 Å². The Morgan fingerprint density at radius 1 is 1.05 bits per heavy atom. The normalized spacial score (nSPS) is 12.2. The predicted molar refractivity (Wildman–Crippen MR) is 80.8 cm³/mol. The molecule has 0 aliphatic rings. The Morgan fingerprint density at radius 3 is 2.25 bits per heavy atom. The fraction of sp³-hybridized carbons (Fsp3) is 0.588. The van der Waals surface area contributed by atoms with Gasteiger partial charge in [-0.3, -0.25) is 0 Å². The van der Waals surface area contributed by atoms with E-state index in [-0.39, 0.29) is 0 Å². The molecule has 0 aromatic heterocycles. The molecule has 1 unspecified atom stereocenters. The van der Waals surface area contributed by atoms with Crippen LogP contribution in [0.2, 0.25) is 0 Å². The molecule has 1 aromatic carbocycles. The summed E-state index contributed by atoms with van der Waals surface area (Å²) in [5.41, 5.74) is 0.711. The minimum Gasteiger partial charge on any atom is -0.479 e. The molecule has 1 atom stereocenters. The molecule has 112 valence electrons. The van der Waals surface area contributed by atoms with Gasteiger partial charge in [0, 0.05) is 6.61 Å². The topological polar surface area (TPSA) is 46.5 Å². The molecule has 0 bridgehead atoms. The van der Waals surface area contributed by atoms with Crippen molar-refractivity contribution in [3.63, 3.8) is 0 Å². The highest BCUT2D eigenvalue weighted by Crippen LogP contribution is 2.18. The Kier molecular flexibility index (Phi) is 8.72. The first-order valence-corrected chi connectivity index (χ1v) is 7.65. The molecule has 0 saturated carbocycles. The zero-order valence-corrected chi connectivity index (χ0v) is 12.4. The van der Waals surface area contributed by atoms with E-state index in [4.69, 9.17) is 4.74 Å². The third kappa shape index (κ3) is 6.71. The maximum absolute atomic E-state index is 11.2. The Morgan fingerprint density at radius 2 is 1.65 bits per heavy atom. The fourth-order valence-electron chi connectivity index (χ4n) is 2.20. The van der Waals surface area contributed by atoms with Gasteiger partial charge in [-0.1, -0.05) is 75.8 Å². The van der Waals surface area contributed by atoms with Crippen LogP contribution in [-0.4, -0.2) is 17.7 Å². The largest absolute Gasteiger partial charge is 0.479 e. The second-order valence-corrected chi connectivity index (χ2v) is 5.12. The second kappa shape index (κ2) is 10.4. The van der Waals surface area contributed by atoms with Crippen molar-refractivity contribution in [1.29, 1.82) is 0 Å². The lowest BCUT2D eigenvalue weighted by Crippen LogP contribution is -2.16. The molecule has 1 N–H and O–H groups in total. The number of hydrogen-bond acceptors (Lipinski definition) is 2. The second-order valence-electron chi connectivity index (χ2n) is 5.12. The lowest BCUT2D eigenvalue weighted by atomic mass is 10.1. The third-order valence-electron chi connectivity index (χ3n) is 3.36. The molecule has 0 saturated heterocycles. The molecule has 3 heteroatoms. The van der Waals surface area contributed by atoms with E-state index in [0.29, 0.717) is 12.2 Å². The lowest BCUT2D eigenvalue weighted by molar-refractivity contribution is -0.151. The predicted octanol–water partition coefficient (Wildman–Crippen LogP) is 4.58. The van der Waals surface area contributed by atoms with Crippen molar-refractivity contribution >= 4 is 5.97 Å². The van der Waals surface area contributed by atoms with Gasteiger partial charge in [0.2, 0.25) is 0 Å². The van der Waals surface area contributed by atoms with Gasteiger partial charge in [0.25, 0.3) is 0 Å². The number of benzene rings is 1. The molecule has 0 spiro atoms. The van der Waals surface area contributed by atoms with Crippen LogP contribution in [0.15, 0.2) is 30.3 Å². The Balaban J connectivity index is 2.19. The molecule has 1 rings (SSSR count). The summed E-state index contributed by atoms with van der Waals surface area (Å²) in [6, 6.07) is 9.14. The van der Waals surface area contributed by atoms with Gasteiger partial charge in [0.1, 0.15) is 0 Å². The summed E-state index contributed by atoms with van der Waals surface area (Å²) >= 11 is 0. The molecule has 0 radical (unpaired) electrons. The van der Waals surface area contributed by atoms with Gasteiger partial charge in [-0.25, -0.2) is 4.79 Å². The van der Waals surface area contributed by atoms with Gasteiger partial charge in [0.05, 0.1) is 0 Å². The van der Waals surface area contributed by atoms with Crippen LogP contribution >= 0.6 is 0 Å². The van der Waals surface area contributed by atoms with Crippen LogP contribution in [0.1, 0.15) is 63.5 Å². The lowest BCUT2D eigenvalue weighted by Gasteiger charge is -2.13. The number of rotatable bonds is 11. The highest BCUT2D eigenvalue weighted by molar-refractivity contribution is 5.74. The van der Waals surface area contributed by atoms with Crippen LogP contribution in [0.4, 0.5) is 0 Å². The average Bonchev–Trinajstić information content (AvgIpc) is 2.46. The molecule has 0 heterocycles. The first-order valence-electron chi connectivity index (χ1n) is 7.65. The highest BCUT2D eigenvalue weighted by atomic mass is 16.5. The highest BCUT2D eigenvalue weighted by Gasteiger charge is 2.19. The monoisotopic (exact) mass is 278 g/mol. The SMILES string of the molecule is CCCCCCCCCOC(C(=O)O)c1ccccc1. The summed E-state index contributed by atoms with van der Waals surface area (Å²) in [4.78, 5) is 11.2. The maximum Gasteiger partial charge on any atom is 0.337 e. The summed E-state index contributed by atoms with van der Waals surface area (Å²) < 4.78 is 5.52. The minimum absolute atomic E-state index is 0.514. The van der Waals surface area contributed by atoms with Crippen LogP contribution in [0.3, 0.4) is 0 Å². The fourth-order valence-corrected chi connectivity index (χ4v) is 2.20. The molecule has 0 aliphatic carbocycles. The number of hydrogen-bond donors (Lipinski definition) is 1. The maximum atomic E-state index is 11.2. The Labute approximate surface area is 122 Å². The minimum atomic E-state index is -0.917. The van der Waals surface area contributed by atoms with Crippen molar-refractivity contribution in [2.24, 2.45) is 0 Å². The molecule has 0 amide bonds. The third-order valence-corrected chi connectivity index (χ3v) is 3.36. The van der Waals surface area contributed by atoms with Crippen molar-refractivity contribution in [2.75, 3.05) is 6.61 Å². The van der Waals surface area contributed by atoms with E-state index in [9.17, 15) is 9.90 Å². The van der Waals surface area contributed by atoms with Crippen molar-refractivity contribution in [1.82, 2.24) is 0 Å². The van der Waals surface area contributed by atoms with Crippen molar-refractivity contribution in [2.45, 2.75) is 58.0 Å². The van der Waals surface area contributed by atoms with E-state index in [1.165, 1.54) is 32.1 Å². The molecular formula is C17H26O3. The Hall–Kier alpha value is -1.35. The molecule has 1 aromatic rings. The van der Waals surface area contributed by atoms with Crippen LogP contribution < -0.4 is 0 Å². The summed E-state index contributed by atoms with van der Waals surface area (Å²) in [7, 11) is 0. The molecule has 0 aliphatic heterocycles. The number of carboxylic acids is 1. The number of unbranched alkanes of at least 4 members (excludes halogenated alkanes) is 6. The van der Waals surface area contributed by atoms with E-state index in [0.717, 1.165) is 12.8 Å². The smallest absolute Gasteiger partial charge is 0.337 e. The van der Waals surface area contributed by atoms with E-state index < -0.39 is 12.1 Å². The van der Waals surface area contributed by atoms with E-state index in [1.54, 1.807) is 12.1 Å². The summed E-state index contributed by atoms with van der Waals surface area (Å²) in [6.45, 7) is 2.73. The Bertz CT molecular complexity index is 362. The number of ether oxygens (including phenoxy) is 1. The van der Waals surface area contributed by atoms with Crippen molar-refractivity contribution in [3.05, 3.63) is 35.9 Å². The standard InChI is InChI=1S/C17H26O3/c1-2-3-4-5-6-7-11-14-20-16(17(18)19)15-12-9-8-10-13-15/h8-10,12-13,16H,2-7,11,14H2,1H3,(H,18,19). The summed E-state index contributed by atoms with van der Waals surface area (Å²) in [5.74, 6) is -0.917. The zero-order chi connectivity index (χ0) is 14.6. The van der Waals surface area contributed by atoms with Gasteiger partial charge in [-0.15, -0.1) is 0 Å². The van der Waals surface area contributed by atoms with E-state index in [1.807, 2.05) is 18.2 Å². The van der Waals surface area contributed by atoms with Crippen LogP contribution in [0, 0.1) is 0 Å². The molecule has 0 fully saturated rings. The van der Waals surface area contributed by atoms with Gasteiger partial charge < -0.3 is 9.84 Å². The van der Waals surface area contributed by atoms with Crippen LogP contribution in [-0.2, 0) is 9.53 Å². The van der Waals surface area contributed by atoms with Gasteiger partial charge in [-0.2, -0.15) is 0 Å². The van der Waals surface area contributed by atoms with Gasteiger partial charge in [-0.05, 0) is 12.0 Å².